The molecule has 2 atom stereocenters. The molecule has 3 aliphatic rings. The molecule has 5 rings (SSSR count). The molecule has 0 saturated heterocycles. The smallest absolute Gasteiger partial charge is 0.309 e. The van der Waals surface area contributed by atoms with Gasteiger partial charge in [-0.15, -0.1) is 0 Å². The number of likely N-dealkylation sites (N-methyl/N-ethyl adjacent to an activating group) is 1. The molecule has 29 heavy (non-hydrogen) atoms. The van der Waals surface area contributed by atoms with Gasteiger partial charge in [0.1, 0.15) is 0 Å². The third kappa shape index (κ3) is 2.88. The predicted molar refractivity (Wildman–Crippen MR) is 103 cm³/mol. The van der Waals surface area contributed by atoms with Crippen molar-refractivity contribution in [1.82, 2.24) is 4.90 Å². The highest BCUT2D eigenvalue weighted by molar-refractivity contribution is 5.74. The second kappa shape index (κ2) is 6.84. The van der Waals surface area contributed by atoms with Crippen molar-refractivity contribution in [3.8, 4) is 23.0 Å². The van der Waals surface area contributed by atoms with Crippen LogP contribution in [0.15, 0.2) is 24.3 Å². The van der Waals surface area contributed by atoms with Crippen molar-refractivity contribution in [1.29, 1.82) is 0 Å². The van der Waals surface area contributed by atoms with Crippen molar-refractivity contribution >= 4 is 5.97 Å². The maximum absolute atomic E-state index is 12.1. The Kier molecular flexibility index (Phi) is 4.28. The average Bonchev–Trinajstić information content (AvgIpc) is 3.36. The lowest BCUT2D eigenvalue weighted by molar-refractivity contribution is -0.139. The van der Waals surface area contributed by atoms with Crippen molar-refractivity contribution in [2.24, 2.45) is 0 Å². The van der Waals surface area contributed by atoms with E-state index in [4.69, 9.17) is 23.7 Å². The first-order valence-corrected chi connectivity index (χ1v) is 9.67. The van der Waals surface area contributed by atoms with Gasteiger partial charge in [0.25, 0.3) is 0 Å². The summed E-state index contributed by atoms with van der Waals surface area (Å²) >= 11 is 0. The van der Waals surface area contributed by atoms with Crippen LogP contribution in [0.1, 0.15) is 41.1 Å². The first-order chi connectivity index (χ1) is 14.1. The molecule has 7 nitrogen and oxygen atoms in total. The predicted octanol–water partition coefficient (Wildman–Crippen LogP) is 3.15. The monoisotopic (exact) mass is 397 g/mol. The van der Waals surface area contributed by atoms with Crippen LogP contribution in [0, 0.1) is 0 Å². The number of hydrogen-bond acceptors (Lipinski definition) is 7. The minimum Gasteiger partial charge on any atom is -0.469 e. The lowest BCUT2D eigenvalue weighted by atomic mass is 9.79. The number of fused-ring (bicyclic) bond motifs is 4. The Bertz CT molecular complexity index is 988. The Morgan fingerprint density at radius 1 is 1.07 bits per heavy atom. The molecule has 2 aromatic carbocycles. The van der Waals surface area contributed by atoms with Gasteiger partial charge in [-0.05, 0) is 41.9 Å². The SMILES string of the molecule is COC(=O)Cc1cc2c(cc1C1C(C)c3ccc4c(c3CN1C)OCO4)OCO2. The fourth-order valence-electron chi connectivity index (χ4n) is 4.70. The van der Waals surface area contributed by atoms with E-state index in [1.165, 1.54) is 18.2 Å². The summed E-state index contributed by atoms with van der Waals surface area (Å²) < 4.78 is 27.4. The molecule has 7 heteroatoms. The topological polar surface area (TPSA) is 66.5 Å². The van der Waals surface area contributed by atoms with Crippen LogP contribution in [0.25, 0.3) is 0 Å². The van der Waals surface area contributed by atoms with Gasteiger partial charge in [-0.3, -0.25) is 9.69 Å². The molecule has 0 radical (unpaired) electrons. The van der Waals surface area contributed by atoms with Gasteiger partial charge in [-0.2, -0.15) is 0 Å². The van der Waals surface area contributed by atoms with E-state index in [1.807, 2.05) is 18.2 Å². The van der Waals surface area contributed by atoms with Crippen LogP contribution < -0.4 is 18.9 Å². The molecule has 0 amide bonds. The maximum Gasteiger partial charge on any atom is 0.309 e. The van der Waals surface area contributed by atoms with E-state index in [9.17, 15) is 4.79 Å². The number of carbonyl (C=O) groups excluding carboxylic acids is 1. The quantitative estimate of drug-likeness (QED) is 0.737. The van der Waals surface area contributed by atoms with Gasteiger partial charge in [-0.1, -0.05) is 13.0 Å². The van der Waals surface area contributed by atoms with Crippen LogP contribution in [0.4, 0.5) is 0 Å². The molecule has 152 valence electrons. The lowest BCUT2D eigenvalue weighted by Gasteiger charge is -2.40. The molecule has 2 unspecified atom stereocenters. The molecule has 0 aromatic heterocycles. The first-order valence-electron chi connectivity index (χ1n) is 9.67. The zero-order chi connectivity index (χ0) is 20.1. The highest BCUT2D eigenvalue weighted by Crippen LogP contribution is 2.50. The molecule has 2 aromatic rings. The van der Waals surface area contributed by atoms with Gasteiger partial charge in [-0.25, -0.2) is 0 Å². The Hall–Kier alpha value is -2.93. The number of ether oxygens (including phenoxy) is 5. The molecule has 0 N–H and O–H groups in total. The zero-order valence-corrected chi connectivity index (χ0v) is 16.7. The fraction of sp³-hybridized carbons (Fsp3) is 0.409. The summed E-state index contributed by atoms with van der Waals surface area (Å²) in [6.07, 6.45) is 0.188. The number of esters is 1. The normalized spacial score (nSPS) is 21.8. The summed E-state index contributed by atoms with van der Waals surface area (Å²) in [7, 11) is 3.50. The molecule has 0 fully saturated rings. The van der Waals surface area contributed by atoms with E-state index < -0.39 is 0 Å². The standard InChI is InChI=1S/C22H23NO6/c1-12-14-4-5-17-22(29-11-26-17)16(14)9-23(2)21(12)15-8-19-18(27-10-28-19)6-13(15)7-20(24)25-3/h4-6,8,12,21H,7,9-11H2,1-3H3. The van der Waals surface area contributed by atoms with Gasteiger partial charge in [0.05, 0.1) is 13.5 Å². The molecule has 0 aliphatic carbocycles. The Balaban J connectivity index is 1.59. The van der Waals surface area contributed by atoms with E-state index in [0.29, 0.717) is 11.5 Å². The number of benzene rings is 2. The summed E-state index contributed by atoms with van der Waals surface area (Å²) in [5, 5.41) is 0. The van der Waals surface area contributed by atoms with Crippen molar-refractivity contribution < 1.29 is 28.5 Å². The molecule has 3 aliphatic heterocycles. The van der Waals surface area contributed by atoms with Crippen LogP contribution in [0.5, 0.6) is 23.0 Å². The summed E-state index contributed by atoms with van der Waals surface area (Å²) in [6, 6.07) is 8.09. The minimum atomic E-state index is -0.278. The Morgan fingerprint density at radius 2 is 1.79 bits per heavy atom. The first kappa shape index (κ1) is 18.1. The molecule has 0 bridgehead atoms. The van der Waals surface area contributed by atoms with E-state index in [-0.39, 0.29) is 37.9 Å². The van der Waals surface area contributed by atoms with Crippen molar-refractivity contribution in [3.05, 3.63) is 46.5 Å². The number of methoxy groups -OCH3 is 1. The summed E-state index contributed by atoms with van der Waals surface area (Å²) in [5.41, 5.74) is 4.35. The summed E-state index contributed by atoms with van der Waals surface area (Å²) in [4.78, 5) is 14.4. The number of carbonyl (C=O) groups is 1. The third-order valence-corrected chi connectivity index (χ3v) is 6.04. The third-order valence-electron chi connectivity index (χ3n) is 6.04. The van der Waals surface area contributed by atoms with Crippen LogP contribution >= 0.6 is 0 Å². The van der Waals surface area contributed by atoms with Gasteiger partial charge in [0.15, 0.2) is 23.0 Å². The molecule has 0 saturated carbocycles. The second-order valence-corrected chi connectivity index (χ2v) is 7.67. The van der Waals surface area contributed by atoms with E-state index in [2.05, 4.69) is 24.9 Å². The number of rotatable bonds is 3. The number of hydrogen-bond donors (Lipinski definition) is 0. The van der Waals surface area contributed by atoms with Crippen LogP contribution in [0.3, 0.4) is 0 Å². The highest BCUT2D eigenvalue weighted by Gasteiger charge is 2.37. The molecule has 3 heterocycles. The minimum absolute atomic E-state index is 0.0667. The fourth-order valence-corrected chi connectivity index (χ4v) is 4.70. The van der Waals surface area contributed by atoms with Gasteiger partial charge in [0.2, 0.25) is 13.6 Å². The highest BCUT2D eigenvalue weighted by atomic mass is 16.7. The van der Waals surface area contributed by atoms with E-state index in [1.54, 1.807) is 0 Å². The van der Waals surface area contributed by atoms with Gasteiger partial charge in [0, 0.05) is 24.1 Å². The molecule has 0 spiro atoms. The van der Waals surface area contributed by atoms with Crippen molar-refractivity contribution in [2.45, 2.75) is 31.8 Å². The lowest BCUT2D eigenvalue weighted by Crippen LogP contribution is -2.34. The van der Waals surface area contributed by atoms with E-state index in [0.717, 1.165) is 29.2 Å². The molecular formula is C22H23NO6. The second-order valence-electron chi connectivity index (χ2n) is 7.67. The molecular weight excluding hydrogens is 374 g/mol. The van der Waals surface area contributed by atoms with Gasteiger partial charge >= 0.3 is 5.97 Å². The maximum atomic E-state index is 12.1. The Labute approximate surface area is 169 Å². The summed E-state index contributed by atoms with van der Waals surface area (Å²) in [5.74, 6) is 2.93. The van der Waals surface area contributed by atoms with Crippen LogP contribution in [-0.4, -0.2) is 38.6 Å². The van der Waals surface area contributed by atoms with E-state index >= 15 is 0 Å². The van der Waals surface area contributed by atoms with Crippen LogP contribution in [0.2, 0.25) is 0 Å². The average molecular weight is 397 g/mol. The van der Waals surface area contributed by atoms with Gasteiger partial charge < -0.3 is 23.7 Å². The summed E-state index contributed by atoms with van der Waals surface area (Å²) in [6.45, 7) is 3.38. The van der Waals surface area contributed by atoms with Crippen molar-refractivity contribution in [3.63, 3.8) is 0 Å². The van der Waals surface area contributed by atoms with Crippen molar-refractivity contribution in [2.75, 3.05) is 27.7 Å². The van der Waals surface area contributed by atoms with Crippen LogP contribution in [-0.2, 0) is 22.5 Å². The number of nitrogens with zero attached hydrogens (tertiary/aromatic N) is 1. The Morgan fingerprint density at radius 3 is 2.59 bits per heavy atom. The largest absolute Gasteiger partial charge is 0.469 e. The zero-order valence-electron chi connectivity index (χ0n) is 16.7.